The van der Waals surface area contributed by atoms with Crippen molar-refractivity contribution < 1.29 is 27.3 Å². The van der Waals surface area contributed by atoms with E-state index in [2.05, 4.69) is 16.0 Å². The van der Waals surface area contributed by atoms with Crippen molar-refractivity contribution in [3.8, 4) is 11.1 Å². The van der Waals surface area contributed by atoms with Crippen LogP contribution in [0.3, 0.4) is 0 Å². The molecule has 0 aliphatic heterocycles. The number of nitrogens with zero attached hydrogens (tertiary/aromatic N) is 1. The van der Waals surface area contributed by atoms with E-state index in [1.54, 1.807) is 24.3 Å². The summed E-state index contributed by atoms with van der Waals surface area (Å²) in [5.74, 6) is -1.06. The molecule has 0 aliphatic rings. The minimum absolute atomic E-state index is 0.0138. The Morgan fingerprint density at radius 1 is 0.894 bits per heavy atom. The molecule has 4 N–H and O–H groups in total. The molecule has 0 aliphatic carbocycles. The lowest BCUT2D eigenvalue weighted by Gasteiger charge is -2.24. The van der Waals surface area contributed by atoms with Crippen molar-refractivity contribution in [1.82, 2.24) is 15.4 Å². The zero-order valence-electron chi connectivity index (χ0n) is 25.8. The van der Waals surface area contributed by atoms with Crippen LogP contribution in [0.2, 0.25) is 0 Å². The molecule has 4 aromatic rings. The molecule has 1 atom stereocenters. The van der Waals surface area contributed by atoms with E-state index < -0.39 is 54.9 Å². The smallest absolute Gasteiger partial charge is 0.315 e. The first kappa shape index (κ1) is 34.9. The van der Waals surface area contributed by atoms with Gasteiger partial charge in [0.2, 0.25) is 0 Å². The zero-order chi connectivity index (χ0) is 34.2. The van der Waals surface area contributed by atoms with E-state index in [1.165, 1.54) is 42.1 Å². The number of amides is 3. The molecule has 4 rings (SSSR count). The van der Waals surface area contributed by atoms with Gasteiger partial charge >= 0.3 is 6.03 Å². The molecular formula is C33H34FN5O6S2. The van der Waals surface area contributed by atoms with Crippen molar-refractivity contribution in [2.45, 2.75) is 42.1 Å². The Labute approximate surface area is 276 Å². The lowest BCUT2D eigenvalue weighted by molar-refractivity contribution is -0.384. The van der Waals surface area contributed by atoms with E-state index in [-0.39, 0.29) is 23.5 Å². The number of urea groups is 1. The second kappa shape index (κ2) is 15.1. The fraction of sp³-hybridized carbons (Fsp3) is 0.212. The van der Waals surface area contributed by atoms with E-state index >= 15 is 0 Å². The Hall–Kier alpha value is -4.95. The number of benzene rings is 4. The Morgan fingerprint density at radius 3 is 2.11 bits per heavy atom. The van der Waals surface area contributed by atoms with Gasteiger partial charge in [-0.05, 0) is 74.4 Å². The van der Waals surface area contributed by atoms with Crippen LogP contribution in [-0.4, -0.2) is 49.2 Å². The molecule has 0 radical (unpaired) electrons. The number of para-hydroxylation sites is 1. The fourth-order valence-electron chi connectivity index (χ4n) is 4.40. The van der Waals surface area contributed by atoms with E-state index in [4.69, 9.17) is 0 Å². The molecule has 0 saturated carbocycles. The zero-order valence-corrected chi connectivity index (χ0v) is 27.5. The van der Waals surface area contributed by atoms with Crippen molar-refractivity contribution in [3.05, 3.63) is 119 Å². The minimum atomic E-state index is -4.64. The minimum Gasteiger partial charge on any atom is -0.373 e. The molecule has 0 bridgehead atoms. The first-order valence-corrected chi connectivity index (χ1v) is 16.9. The van der Waals surface area contributed by atoms with Gasteiger partial charge in [-0.2, -0.15) is 0 Å². The lowest BCUT2D eigenvalue weighted by atomic mass is 10.0. The number of hydrogen-bond acceptors (Lipinski definition) is 8. The molecule has 0 fully saturated rings. The monoisotopic (exact) mass is 679 g/mol. The number of anilines is 1. The largest absolute Gasteiger partial charge is 0.373 e. The van der Waals surface area contributed by atoms with Crippen molar-refractivity contribution in [2.24, 2.45) is 0 Å². The number of hydrogen-bond donors (Lipinski definition) is 4. The summed E-state index contributed by atoms with van der Waals surface area (Å²) in [4.78, 5) is 37.3. The van der Waals surface area contributed by atoms with Gasteiger partial charge in [0, 0.05) is 34.4 Å². The Kier molecular flexibility index (Phi) is 11.2. The fourth-order valence-corrected chi connectivity index (χ4v) is 6.51. The second-order valence-corrected chi connectivity index (χ2v) is 14.2. The number of nitrogens with one attached hydrogen (secondary N) is 4. The molecule has 14 heteroatoms. The first-order valence-electron chi connectivity index (χ1n) is 14.4. The third-order valence-corrected chi connectivity index (χ3v) is 9.13. The Morgan fingerprint density at radius 2 is 1.51 bits per heavy atom. The summed E-state index contributed by atoms with van der Waals surface area (Å²) in [6.07, 6.45) is 0. The second-order valence-electron chi connectivity index (χ2n) is 11.5. The van der Waals surface area contributed by atoms with Crippen molar-refractivity contribution >= 4 is 45.1 Å². The number of thioether (sulfide) groups is 1. The summed E-state index contributed by atoms with van der Waals surface area (Å²) in [6.45, 7) is 5.42. The number of sulfonamides is 1. The predicted octanol–water partition coefficient (Wildman–Crippen LogP) is 6.19. The summed E-state index contributed by atoms with van der Waals surface area (Å²) in [5, 5.41) is 20.6. The van der Waals surface area contributed by atoms with Gasteiger partial charge in [-0.3, -0.25) is 14.9 Å². The molecule has 246 valence electrons. The standard InChI is InChI=1S/C33H34FN5O6S2/c1-33(2,3)37-32(41)35-20-26(21-46-27-8-5-4-6-9-27)36-30-28(39(42)43)10-7-11-29(30)47(44,45)38-31(40)24-14-12-22(13-15-24)23-16-18-25(34)19-17-23/h4-19,26,36H,20-21H2,1-3H3,(H,38,40)(H2,35,37,41). The number of carbonyl (C=O) groups is 2. The van der Waals surface area contributed by atoms with E-state index in [1.807, 2.05) is 55.8 Å². The van der Waals surface area contributed by atoms with Gasteiger partial charge in [0.05, 0.1) is 11.0 Å². The van der Waals surface area contributed by atoms with E-state index in [9.17, 15) is 32.5 Å². The average molecular weight is 680 g/mol. The summed E-state index contributed by atoms with van der Waals surface area (Å²) >= 11 is 1.41. The van der Waals surface area contributed by atoms with Crippen LogP contribution in [0.5, 0.6) is 0 Å². The van der Waals surface area contributed by atoms with Crippen LogP contribution >= 0.6 is 11.8 Å². The Balaban J connectivity index is 1.60. The molecule has 0 aromatic heterocycles. The number of nitro benzene ring substituents is 1. The van der Waals surface area contributed by atoms with Crippen molar-refractivity contribution in [1.29, 1.82) is 0 Å². The average Bonchev–Trinajstić information content (AvgIpc) is 3.02. The molecule has 4 aromatic carbocycles. The van der Waals surface area contributed by atoms with Crippen LogP contribution in [0.15, 0.2) is 107 Å². The molecule has 0 saturated heterocycles. The maximum Gasteiger partial charge on any atom is 0.315 e. The van der Waals surface area contributed by atoms with Crippen LogP contribution in [0.25, 0.3) is 11.1 Å². The molecule has 47 heavy (non-hydrogen) atoms. The molecule has 0 spiro atoms. The maximum atomic E-state index is 13.6. The third-order valence-electron chi connectivity index (χ3n) is 6.58. The number of halogens is 1. The van der Waals surface area contributed by atoms with Crippen molar-refractivity contribution in [2.75, 3.05) is 17.6 Å². The van der Waals surface area contributed by atoms with Gasteiger partial charge in [0.1, 0.15) is 16.4 Å². The lowest BCUT2D eigenvalue weighted by Crippen LogP contribution is -2.49. The van der Waals surface area contributed by atoms with Gasteiger partial charge in [0.25, 0.3) is 21.6 Å². The first-order chi connectivity index (χ1) is 22.2. The summed E-state index contributed by atoms with van der Waals surface area (Å²) in [7, 11) is -4.64. The molecule has 1 unspecified atom stereocenters. The van der Waals surface area contributed by atoms with Crippen LogP contribution in [0.1, 0.15) is 31.1 Å². The van der Waals surface area contributed by atoms with Crippen LogP contribution < -0.4 is 20.7 Å². The highest BCUT2D eigenvalue weighted by Gasteiger charge is 2.30. The maximum absolute atomic E-state index is 13.6. The quantitative estimate of drug-likeness (QED) is 0.0784. The van der Waals surface area contributed by atoms with Crippen molar-refractivity contribution in [3.63, 3.8) is 0 Å². The molecular weight excluding hydrogens is 646 g/mol. The number of carbonyl (C=O) groups excluding carboxylic acids is 2. The SMILES string of the molecule is CC(C)(C)NC(=O)NCC(CSc1ccccc1)Nc1c([N+](=O)[O-])cccc1S(=O)(=O)NC(=O)c1ccc(-c2ccc(F)cc2)cc1. The Bertz CT molecular complexity index is 1830. The number of nitro groups is 1. The molecule has 11 nitrogen and oxygen atoms in total. The van der Waals surface area contributed by atoms with Crippen LogP contribution in [0.4, 0.5) is 20.6 Å². The summed E-state index contributed by atoms with van der Waals surface area (Å²) in [6, 6.07) is 23.4. The van der Waals surface area contributed by atoms with Gasteiger partial charge in [-0.25, -0.2) is 22.3 Å². The predicted molar refractivity (Wildman–Crippen MR) is 180 cm³/mol. The van der Waals surface area contributed by atoms with E-state index in [0.717, 1.165) is 17.0 Å². The van der Waals surface area contributed by atoms with Gasteiger partial charge in [0.15, 0.2) is 0 Å². The molecule has 0 heterocycles. The third kappa shape index (κ3) is 10.0. The summed E-state index contributed by atoms with van der Waals surface area (Å²) in [5.41, 5.74) is 0.0112. The van der Waals surface area contributed by atoms with E-state index in [0.29, 0.717) is 11.1 Å². The van der Waals surface area contributed by atoms with Gasteiger partial charge in [-0.1, -0.05) is 48.5 Å². The molecule has 3 amide bonds. The highest BCUT2D eigenvalue weighted by atomic mass is 32.2. The van der Waals surface area contributed by atoms with Gasteiger partial charge < -0.3 is 16.0 Å². The van der Waals surface area contributed by atoms with Crippen LogP contribution in [0, 0.1) is 15.9 Å². The van der Waals surface area contributed by atoms with Crippen LogP contribution in [-0.2, 0) is 10.0 Å². The normalized spacial score (nSPS) is 12.1. The summed E-state index contributed by atoms with van der Waals surface area (Å²) < 4.78 is 42.5. The number of rotatable bonds is 12. The highest BCUT2D eigenvalue weighted by Crippen LogP contribution is 2.33. The highest BCUT2D eigenvalue weighted by molar-refractivity contribution is 7.99. The topological polar surface area (TPSA) is 160 Å². The van der Waals surface area contributed by atoms with Gasteiger partial charge in [-0.15, -0.1) is 11.8 Å².